The van der Waals surface area contributed by atoms with Crippen LogP contribution in [0.1, 0.15) is 45.5 Å². The van der Waals surface area contributed by atoms with Crippen molar-refractivity contribution in [1.82, 2.24) is 9.97 Å². The van der Waals surface area contributed by atoms with E-state index in [1.165, 1.54) is 0 Å². The molecule has 4 heteroatoms. The Kier molecular flexibility index (Phi) is 5.15. The van der Waals surface area contributed by atoms with Crippen LogP contribution in [-0.4, -0.2) is 30.1 Å². The molecule has 0 atom stereocenters. The molecule has 4 nitrogen and oxygen atoms in total. The van der Waals surface area contributed by atoms with Crippen LogP contribution in [0.4, 0.5) is 11.6 Å². The van der Waals surface area contributed by atoms with Gasteiger partial charge in [-0.25, -0.2) is 9.97 Å². The van der Waals surface area contributed by atoms with Crippen molar-refractivity contribution in [2.45, 2.75) is 48.0 Å². The van der Waals surface area contributed by atoms with Gasteiger partial charge < -0.3 is 10.2 Å². The fourth-order valence-corrected chi connectivity index (χ4v) is 2.19. The lowest BCUT2D eigenvalue weighted by atomic mass is 9.96. The van der Waals surface area contributed by atoms with E-state index in [-0.39, 0.29) is 5.41 Å². The van der Waals surface area contributed by atoms with Crippen LogP contribution in [0.25, 0.3) is 0 Å². The zero-order valence-electron chi connectivity index (χ0n) is 13.5. The van der Waals surface area contributed by atoms with Gasteiger partial charge in [0.05, 0.1) is 0 Å². The summed E-state index contributed by atoms with van der Waals surface area (Å²) in [5.41, 5.74) is 1.38. The van der Waals surface area contributed by atoms with Gasteiger partial charge in [0, 0.05) is 25.7 Å². The highest BCUT2D eigenvalue weighted by Gasteiger charge is 2.18. The Morgan fingerprint density at radius 3 is 2.32 bits per heavy atom. The second kappa shape index (κ2) is 6.22. The fourth-order valence-electron chi connectivity index (χ4n) is 2.19. The third-order valence-electron chi connectivity index (χ3n) is 2.85. The molecule has 0 fully saturated rings. The molecule has 0 radical (unpaired) electrons. The van der Waals surface area contributed by atoms with Crippen LogP contribution in [0.3, 0.4) is 0 Å². The average Bonchev–Trinajstić information content (AvgIpc) is 2.27. The van der Waals surface area contributed by atoms with Gasteiger partial charge in [-0.15, -0.1) is 0 Å². The van der Waals surface area contributed by atoms with E-state index in [4.69, 9.17) is 0 Å². The molecule has 0 bridgehead atoms. The Morgan fingerprint density at radius 2 is 1.79 bits per heavy atom. The van der Waals surface area contributed by atoms with E-state index in [2.05, 4.69) is 61.9 Å². The number of rotatable bonds is 5. The summed E-state index contributed by atoms with van der Waals surface area (Å²) in [6, 6.07) is 0. The summed E-state index contributed by atoms with van der Waals surface area (Å²) in [4.78, 5) is 11.3. The maximum atomic E-state index is 4.60. The molecule has 108 valence electrons. The minimum absolute atomic E-state index is 0.247. The minimum atomic E-state index is 0.247. The van der Waals surface area contributed by atoms with Gasteiger partial charge in [0.1, 0.15) is 17.5 Å². The normalized spacial score (nSPS) is 11.5. The SMILES string of the molecule is CCCNc1nc(C)nc(N(C)CC(C)(C)C)c1C. The molecule has 0 unspecified atom stereocenters. The van der Waals surface area contributed by atoms with Crippen LogP contribution in [0, 0.1) is 19.3 Å². The van der Waals surface area contributed by atoms with E-state index in [9.17, 15) is 0 Å². The number of hydrogen-bond donors (Lipinski definition) is 1. The lowest BCUT2D eigenvalue weighted by molar-refractivity contribution is 0.417. The largest absolute Gasteiger partial charge is 0.370 e. The third kappa shape index (κ3) is 4.69. The van der Waals surface area contributed by atoms with Gasteiger partial charge in [-0.05, 0) is 25.7 Å². The van der Waals surface area contributed by atoms with Crippen molar-refractivity contribution in [3.63, 3.8) is 0 Å². The smallest absolute Gasteiger partial charge is 0.137 e. The van der Waals surface area contributed by atoms with Crippen molar-refractivity contribution in [3.05, 3.63) is 11.4 Å². The molecule has 1 aromatic heterocycles. The van der Waals surface area contributed by atoms with Gasteiger partial charge in [0.15, 0.2) is 0 Å². The summed E-state index contributed by atoms with van der Waals surface area (Å²) in [7, 11) is 2.10. The highest BCUT2D eigenvalue weighted by atomic mass is 15.2. The quantitative estimate of drug-likeness (QED) is 0.885. The highest BCUT2D eigenvalue weighted by molar-refractivity contribution is 5.58. The molecule has 0 saturated carbocycles. The van der Waals surface area contributed by atoms with E-state index < -0.39 is 0 Å². The summed E-state index contributed by atoms with van der Waals surface area (Å²) in [6.07, 6.45) is 1.09. The number of nitrogens with one attached hydrogen (secondary N) is 1. The Bertz CT molecular complexity index is 421. The summed E-state index contributed by atoms with van der Waals surface area (Å²) in [5, 5.41) is 3.38. The van der Waals surface area contributed by atoms with Crippen molar-refractivity contribution in [3.8, 4) is 0 Å². The number of aromatic nitrogens is 2. The first kappa shape index (κ1) is 15.7. The maximum Gasteiger partial charge on any atom is 0.137 e. The van der Waals surface area contributed by atoms with Crippen molar-refractivity contribution in [1.29, 1.82) is 0 Å². The number of aryl methyl sites for hydroxylation is 1. The fraction of sp³-hybridized carbons (Fsp3) is 0.733. The zero-order chi connectivity index (χ0) is 14.6. The summed E-state index contributed by atoms with van der Waals surface area (Å²) in [5.74, 6) is 2.81. The van der Waals surface area contributed by atoms with E-state index in [1.54, 1.807) is 0 Å². The number of hydrogen-bond acceptors (Lipinski definition) is 4. The van der Waals surface area contributed by atoms with Gasteiger partial charge in [0.2, 0.25) is 0 Å². The van der Waals surface area contributed by atoms with Gasteiger partial charge >= 0.3 is 0 Å². The molecule has 0 aliphatic heterocycles. The monoisotopic (exact) mass is 264 g/mol. The third-order valence-corrected chi connectivity index (χ3v) is 2.85. The van der Waals surface area contributed by atoms with E-state index in [1.807, 2.05) is 6.92 Å². The minimum Gasteiger partial charge on any atom is -0.370 e. The first-order chi connectivity index (χ1) is 8.74. The van der Waals surface area contributed by atoms with Crippen LogP contribution >= 0.6 is 0 Å². The first-order valence-electron chi connectivity index (χ1n) is 7.05. The van der Waals surface area contributed by atoms with E-state index >= 15 is 0 Å². The summed E-state index contributed by atoms with van der Waals surface area (Å²) >= 11 is 0. The van der Waals surface area contributed by atoms with Crippen molar-refractivity contribution in [2.75, 3.05) is 30.4 Å². The lowest BCUT2D eigenvalue weighted by Gasteiger charge is -2.29. The van der Waals surface area contributed by atoms with Crippen molar-refractivity contribution < 1.29 is 0 Å². The second-order valence-corrected chi connectivity index (χ2v) is 6.41. The van der Waals surface area contributed by atoms with Gasteiger partial charge in [0.25, 0.3) is 0 Å². The van der Waals surface area contributed by atoms with Crippen LogP contribution in [0.2, 0.25) is 0 Å². The second-order valence-electron chi connectivity index (χ2n) is 6.41. The Balaban J connectivity index is 3.03. The average molecular weight is 264 g/mol. The molecule has 0 saturated heterocycles. The topological polar surface area (TPSA) is 41.1 Å². The molecule has 1 heterocycles. The van der Waals surface area contributed by atoms with E-state index in [0.717, 1.165) is 42.5 Å². The number of anilines is 2. The zero-order valence-corrected chi connectivity index (χ0v) is 13.5. The Labute approximate surface area is 117 Å². The molecule has 19 heavy (non-hydrogen) atoms. The van der Waals surface area contributed by atoms with Crippen molar-refractivity contribution >= 4 is 11.6 Å². The molecule has 1 aromatic rings. The molecule has 0 spiro atoms. The van der Waals surface area contributed by atoms with Crippen LogP contribution in [0.5, 0.6) is 0 Å². The molecular weight excluding hydrogens is 236 g/mol. The maximum absolute atomic E-state index is 4.60. The van der Waals surface area contributed by atoms with Crippen LogP contribution in [-0.2, 0) is 0 Å². The van der Waals surface area contributed by atoms with Gasteiger partial charge in [-0.2, -0.15) is 0 Å². The van der Waals surface area contributed by atoms with E-state index in [0.29, 0.717) is 0 Å². The highest BCUT2D eigenvalue weighted by Crippen LogP contribution is 2.25. The Hall–Kier alpha value is -1.32. The molecule has 0 aliphatic carbocycles. The lowest BCUT2D eigenvalue weighted by Crippen LogP contribution is -2.30. The van der Waals surface area contributed by atoms with Gasteiger partial charge in [-0.1, -0.05) is 27.7 Å². The number of nitrogens with zero attached hydrogens (tertiary/aromatic N) is 3. The molecule has 1 rings (SSSR count). The predicted octanol–water partition coefficient (Wildman–Crippen LogP) is 3.40. The summed E-state index contributed by atoms with van der Waals surface area (Å²) < 4.78 is 0. The first-order valence-corrected chi connectivity index (χ1v) is 7.05. The van der Waals surface area contributed by atoms with Gasteiger partial charge in [-0.3, -0.25) is 0 Å². The Morgan fingerprint density at radius 1 is 1.16 bits per heavy atom. The molecular formula is C15H28N4. The molecule has 0 amide bonds. The molecule has 1 N–H and O–H groups in total. The predicted molar refractivity (Wildman–Crippen MR) is 83.0 cm³/mol. The molecule has 0 aliphatic rings. The van der Waals surface area contributed by atoms with Crippen LogP contribution in [0.15, 0.2) is 0 Å². The molecule has 0 aromatic carbocycles. The van der Waals surface area contributed by atoms with Crippen molar-refractivity contribution in [2.24, 2.45) is 5.41 Å². The standard InChI is InChI=1S/C15H28N4/c1-8-9-16-13-11(2)14(18-12(3)17-13)19(7)10-15(4,5)6/h8-10H2,1-7H3,(H,16,17,18). The summed E-state index contributed by atoms with van der Waals surface area (Å²) in [6.45, 7) is 14.8. The van der Waals surface area contributed by atoms with Crippen LogP contribution < -0.4 is 10.2 Å².